The maximum absolute atomic E-state index is 13.0. The van der Waals surface area contributed by atoms with E-state index in [2.05, 4.69) is 36.6 Å². The highest BCUT2D eigenvalue weighted by molar-refractivity contribution is 6.30. The summed E-state index contributed by atoms with van der Waals surface area (Å²) < 4.78 is 0. The van der Waals surface area contributed by atoms with Gasteiger partial charge in [0.05, 0.1) is 6.04 Å². The van der Waals surface area contributed by atoms with Crippen LogP contribution in [0.3, 0.4) is 0 Å². The van der Waals surface area contributed by atoms with Gasteiger partial charge in [0.2, 0.25) is 5.91 Å². The second-order valence-electron chi connectivity index (χ2n) is 8.58. The van der Waals surface area contributed by atoms with Gasteiger partial charge < -0.3 is 10.6 Å². The van der Waals surface area contributed by atoms with Crippen molar-refractivity contribution < 1.29 is 14.4 Å². The quantitative estimate of drug-likeness (QED) is 0.632. The summed E-state index contributed by atoms with van der Waals surface area (Å²) in [5, 5.41) is 6.09. The summed E-state index contributed by atoms with van der Waals surface area (Å²) in [5.74, 6) is -0.297. The van der Waals surface area contributed by atoms with Crippen molar-refractivity contribution in [2.75, 3.05) is 6.54 Å². The number of urea groups is 1. The van der Waals surface area contributed by atoms with E-state index in [9.17, 15) is 14.4 Å². The summed E-state index contributed by atoms with van der Waals surface area (Å²) in [5.41, 5.74) is 1.58. The highest BCUT2D eigenvalue weighted by Crippen LogP contribution is 2.29. The van der Waals surface area contributed by atoms with Gasteiger partial charge in [0.1, 0.15) is 12.1 Å². The number of hydrogen-bond acceptors (Lipinski definition) is 3. The number of nitrogens with zero attached hydrogens (tertiary/aromatic N) is 1. The van der Waals surface area contributed by atoms with Crippen molar-refractivity contribution in [1.82, 2.24) is 15.5 Å². The third-order valence-corrected chi connectivity index (χ3v) is 5.75. The maximum atomic E-state index is 13.0. The number of nitrogens with one attached hydrogen (secondary N) is 2. The van der Waals surface area contributed by atoms with Crippen LogP contribution in [0.15, 0.2) is 48.5 Å². The minimum absolute atomic E-state index is 0.246. The van der Waals surface area contributed by atoms with Crippen molar-refractivity contribution in [3.8, 4) is 0 Å². The fourth-order valence-corrected chi connectivity index (χ4v) is 3.87. The van der Waals surface area contributed by atoms with Gasteiger partial charge in [0, 0.05) is 5.02 Å². The van der Waals surface area contributed by atoms with Crippen LogP contribution in [0.4, 0.5) is 4.79 Å². The molecule has 0 bridgehead atoms. The molecule has 0 aromatic heterocycles. The first-order valence-electron chi connectivity index (χ1n) is 10.4. The first kappa shape index (κ1) is 22.8. The van der Waals surface area contributed by atoms with Crippen molar-refractivity contribution >= 4 is 29.4 Å². The zero-order chi connectivity index (χ0) is 22.8. The van der Waals surface area contributed by atoms with Crippen LogP contribution in [0.25, 0.3) is 0 Å². The first-order valence-corrected chi connectivity index (χ1v) is 10.8. The first-order chi connectivity index (χ1) is 14.6. The summed E-state index contributed by atoms with van der Waals surface area (Å²) in [4.78, 5) is 38.9. The molecular formula is C24H28ClN3O3. The van der Waals surface area contributed by atoms with Crippen LogP contribution in [0, 0.1) is 5.92 Å². The Hall–Kier alpha value is -2.86. The minimum Gasteiger partial charge on any atom is -0.348 e. The van der Waals surface area contributed by atoms with E-state index >= 15 is 0 Å². The van der Waals surface area contributed by atoms with E-state index < -0.39 is 23.4 Å². The number of carbonyl (C=O) groups excluding carboxylic acids is 3. The Morgan fingerprint density at radius 2 is 1.68 bits per heavy atom. The van der Waals surface area contributed by atoms with Gasteiger partial charge in [-0.1, -0.05) is 61.8 Å². The van der Waals surface area contributed by atoms with Crippen LogP contribution in [0.5, 0.6) is 0 Å². The van der Waals surface area contributed by atoms with Gasteiger partial charge in [0.25, 0.3) is 5.91 Å². The van der Waals surface area contributed by atoms with Gasteiger partial charge in [0.15, 0.2) is 0 Å². The molecule has 7 heteroatoms. The molecule has 0 unspecified atom stereocenters. The van der Waals surface area contributed by atoms with Gasteiger partial charge in [-0.15, -0.1) is 0 Å². The van der Waals surface area contributed by atoms with Gasteiger partial charge in [-0.25, -0.2) is 4.79 Å². The molecule has 0 radical (unpaired) electrons. The minimum atomic E-state index is -1.24. The fraction of sp³-hybridized carbons (Fsp3) is 0.375. The van der Waals surface area contributed by atoms with Crippen molar-refractivity contribution in [3.05, 3.63) is 70.2 Å². The molecule has 31 heavy (non-hydrogen) atoms. The third kappa shape index (κ3) is 5.07. The Kier molecular flexibility index (Phi) is 6.70. The number of rotatable bonds is 7. The largest absolute Gasteiger partial charge is 0.348 e. The highest BCUT2D eigenvalue weighted by atomic mass is 35.5. The summed E-state index contributed by atoms with van der Waals surface area (Å²) in [6.45, 7) is 7.49. The van der Waals surface area contributed by atoms with Gasteiger partial charge in [-0.05, 0) is 55.0 Å². The summed E-state index contributed by atoms with van der Waals surface area (Å²) in [6, 6.07) is 14.0. The number of carbonyl (C=O) groups is 3. The molecule has 0 spiro atoms. The van der Waals surface area contributed by atoms with Crippen molar-refractivity contribution in [2.24, 2.45) is 5.92 Å². The lowest BCUT2D eigenvalue weighted by atomic mass is 9.92. The number of hydrogen-bond donors (Lipinski definition) is 2. The van der Waals surface area contributed by atoms with E-state index in [1.807, 2.05) is 19.1 Å². The average Bonchev–Trinajstić information content (AvgIpc) is 2.92. The SMILES string of the molecule is CC(C)Cc1ccc([C@@H](C)NC(=O)CN2C(=O)N[C@](C)(c3ccc(Cl)cc3)C2=O)cc1. The smallest absolute Gasteiger partial charge is 0.325 e. The van der Waals surface area contributed by atoms with E-state index in [1.165, 1.54) is 5.56 Å². The topological polar surface area (TPSA) is 78.5 Å². The fourth-order valence-electron chi connectivity index (χ4n) is 3.75. The van der Waals surface area contributed by atoms with Crippen molar-refractivity contribution in [2.45, 2.75) is 45.7 Å². The molecule has 2 atom stereocenters. The molecule has 1 aliphatic heterocycles. The zero-order valence-corrected chi connectivity index (χ0v) is 19.0. The lowest BCUT2D eigenvalue weighted by Gasteiger charge is -2.22. The van der Waals surface area contributed by atoms with Crippen LogP contribution >= 0.6 is 11.6 Å². The molecule has 6 nitrogen and oxygen atoms in total. The lowest BCUT2D eigenvalue weighted by molar-refractivity contribution is -0.135. The summed E-state index contributed by atoms with van der Waals surface area (Å²) in [7, 11) is 0. The number of halogens is 1. The molecule has 1 saturated heterocycles. The third-order valence-electron chi connectivity index (χ3n) is 5.50. The zero-order valence-electron chi connectivity index (χ0n) is 18.2. The molecular weight excluding hydrogens is 414 g/mol. The highest BCUT2D eigenvalue weighted by Gasteiger charge is 2.49. The van der Waals surface area contributed by atoms with E-state index in [0.29, 0.717) is 16.5 Å². The molecule has 4 amide bonds. The Bertz CT molecular complexity index is 973. The van der Waals surface area contributed by atoms with E-state index in [1.54, 1.807) is 31.2 Å². The summed E-state index contributed by atoms with van der Waals surface area (Å²) in [6.07, 6.45) is 1.000. The van der Waals surface area contributed by atoms with E-state index in [-0.39, 0.29) is 12.6 Å². The number of amides is 4. The van der Waals surface area contributed by atoms with Gasteiger partial charge in [-0.3, -0.25) is 14.5 Å². The summed E-state index contributed by atoms with van der Waals surface area (Å²) >= 11 is 5.92. The second kappa shape index (κ2) is 9.10. The monoisotopic (exact) mass is 441 g/mol. The molecule has 164 valence electrons. The van der Waals surface area contributed by atoms with E-state index in [0.717, 1.165) is 16.9 Å². The van der Waals surface area contributed by atoms with Crippen LogP contribution in [0.1, 0.15) is 50.4 Å². The Morgan fingerprint density at radius 3 is 2.26 bits per heavy atom. The van der Waals surface area contributed by atoms with Crippen LogP contribution in [-0.4, -0.2) is 29.3 Å². The number of benzene rings is 2. The molecule has 2 aromatic rings. The Balaban J connectivity index is 1.64. The Morgan fingerprint density at radius 1 is 1.06 bits per heavy atom. The maximum Gasteiger partial charge on any atom is 0.325 e. The van der Waals surface area contributed by atoms with Crippen LogP contribution in [0.2, 0.25) is 5.02 Å². The van der Waals surface area contributed by atoms with Crippen LogP contribution in [-0.2, 0) is 21.5 Å². The predicted molar refractivity (Wildman–Crippen MR) is 121 cm³/mol. The molecule has 1 fully saturated rings. The Labute approximate surface area is 188 Å². The molecule has 1 heterocycles. The van der Waals surface area contributed by atoms with Gasteiger partial charge >= 0.3 is 6.03 Å². The molecule has 2 N–H and O–H groups in total. The molecule has 0 saturated carbocycles. The standard InChI is InChI=1S/C24H28ClN3O3/c1-15(2)13-17-5-7-18(8-6-17)16(3)26-21(29)14-28-22(30)24(4,27-23(28)31)19-9-11-20(25)12-10-19/h5-12,15-16H,13-14H2,1-4H3,(H,26,29)(H,27,31)/t16-,24-/m1/s1. The van der Waals surface area contributed by atoms with E-state index in [4.69, 9.17) is 11.6 Å². The molecule has 3 rings (SSSR count). The van der Waals surface area contributed by atoms with Crippen LogP contribution < -0.4 is 10.6 Å². The number of imide groups is 1. The predicted octanol–water partition coefficient (Wildman–Crippen LogP) is 4.18. The normalized spacial score (nSPS) is 19.5. The second-order valence-corrected chi connectivity index (χ2v) is 9.02. The molecule has 0 aliphatic carbocycles. The van der Waals surface area contributed by atoms with Crippen molar-refractivity contribution in [3.63, 3.8) is 0 Å². The molecule has 1 aliphatic rings. The average molecular weight is 442 g/mol. The van der Waals surface area contributed by atoms with Crippen molar-refractivity contribution in [1.29, 1.82) is 0 Å². The molecule has 2 aromatic carbocycles. The van der Waals surface area contributed by atoms with Gasteiger partial charge in [-0.2, -0.15) is 0 Å². The lowest BCUT2D eigenvalue weighted by Crippen LogP contribution is -2.43.